The van der Waals surface area contributed by atoms with Crippen molar-refractivity contribution in [1.82, 2.24) is 10.2 Å². The molecule has 4 N–H and O–H groups in total. The van der Waals surface area contributed by atoms with Crippen LogP contribution in [0.25, 0.3) is 11.3 Å². The zero-order valence-corrected chi connectivity index (χ0v) is 14.8. The molecular weight excluding hydrogens is 312 g/mol. The number of hydrogen-bond acceptors (Lipinski definition) is 3. The largest absolute Gasteiger partial charge is 0.320 e. The smallest absolute Gasteiger partial charge is 0.242 e. The fourth-order valence-corrected chi connectivity index (χ4v) is 2.39. The average molecular weight is 337 g/mol. The summed E-state index contributed by atoms with van der Waals surface area (Å²) in [6.07, 6.45) is 0.864. The third kappa shape index (κ3) is 4.81. The maximum atomic E-state index is 12.1. The summed E-state index contributed by atoms with van der Waals surface area (Å²) in [5.74, 6) is 0.434. The van der Waals surface area contributed by atoms with Crippen LogP contribution in [0.2, 0.25) is 0 Å². The molecule has 0 saturated heterocycles. The van der Waals surface area contributed by atoms with E-state index >= 15 is 0 Å². The highest BCUT2D eigenvalue weighted by molar-refractivity contribution is 5.94. The number of aromatic nitrogens is 2. The predicted molar refractivity (Wildman–Crippen MR) is 96.8 cm³/mol. The van der Waals surface area contributed by atoms with E-state index in [1.807, 2.05) is 19.9 Å². The van der Waals surface area contributed by atoms with Crippen molar-refractivity contribution in [2.45, 2.75) is 40.2 Å². The summed E-state index contributed by atoms with van der Waals surface area (Å²) in [5.41, 5.74) is 10.2. The van der Waals surface area contributed by atoms with Crippen molar-refractivity contribution < 1.29 is 4.79 Å². The molecule has 6 heteroatoms. The van der Waals surface area contributed by atoms with Gasteiger partial charge >= 0.3 is 0 Å². The second kappa shape index (κ2) is 8.13. The van der Waals surface area contributed by atoms with Gasteiger partial charge in [0.15, 0.2) is 5.82 Å². The molecule has 23 heavy (non-hydrogen) atoms. The summed E-state index contributed by atoms with van der Waals surface area (Å²) in [7, 11) is 0. The molecule has 5 nitrogen and oxygen atoms in total. The third-order valence-corrected chi connectivity index (χ3v) is 3.92. The molecule has 0 bridgehead atoms. The molecule has 2 aromatic rings. The van der Waals surface area contributed by atoms with Gasteiger partial charge < -0.3 is 11.1 Å². The van der Waals surface area contributed by atoms with Crippen molar-refractivity contribution in [1.29, 1.82) is 0 Å². The second-order valence-electron chi connectivity index (χ2n) is 5.94. The van der Waals surface area contributed by atoms with E-state index in [-0.39, 0.29) is 24.2 Å². The number of amides is 1. The Balaban J connectivity index is 0.00000264. The highest BCUT2D eigenvalue weighted by atomic mass is 35.5. The fraction of sp³-hybridized carbons (Fsp3) is 0.412. The molecule has 0 aliphatic rings. The van der Waals surface area contributed by atoms with Gasteiger partial charge in [0.05, 0.1) is 11.7 Å². The Bertz CT molecular complexity index is 648. The molecule has 0 saturated carbocycles. The Hall–Kier alpha value is -1.85. The van der Waals surface area contributed by atoms with E-state index in [1.54, 1.807) is 0 Å². The van der Waals surface area contributed by atoms with Crippen molar-refractivity contribution in [3.63, 3.8) is 0 Å². The lowest BCUT2D eigenvalue weighted by Gasteiger charge is -2.16. The van der Waals surface area contributed by atoms with Crippen molar-refractivity contribution >= 4 is 24.1 Å². The van der Waals surface area contributed by atoms with Gasteiger partial charge in [-0.25, -0.2) is 0 Å². The standard InChI is InChI=1S/C17H24N4O.ClH/c1-5-12(4)16(18)17(22)19-15-9-14(20-21-15)13-7-10(2)6-11(3)8-13;/h6-9,12,16H,5,18H2,1-4H3,(H2,19,20,21,22);1H. The van der Waals surface area contributed by atoms with Crippen molar-refractivity contribution in [3.8, 4) is 11.3 Å². The normalized spacial score (nSPS) is 13.1. The van der Waals surface area contributed by atoms with Crippen LogP contribution < -0.4 is 11.1 Å². The number of nitrogens with one attached hydrogen (secondary N) is 2. The first-order valence-electron chi connectivity index (χ1n) is 7.61. The summed E-state index contributed by atoms with van der Waals surface area (Å²) >= 11 is 0. The minimum atomic E-state index is -0.522. The number of halogens is 1. The molecule has 0 aliphatic carbocycles. The summed E-state index contributed by atoms with van der Waals surface area (Å²) in [4.78, 5) is 12.1. The number of nitrogens with zero attached hydrogens (tertiary/aromatic N) is 1. The SMILES string of the molecule is CCC(C)C(N)C(=O)Nc1cc(-c2cc(C)cc(C)c2)[nH]n1.Cl. The maximum absolute atomic E-state index is 12.1. The first kappa shape index (κ1) is 19.2. The highest BCUT2D eigenvalue weighted by Crippen LogP contribution is 2.22. The number of benzene rings is 1. The van der Waals surface area contributed by atoms with Gasteiger partial charge in [-0.05, 0) is 31.9 Å². The van der Waals surface area contributed by atoms with E-state index in [1.165, 1.54) is 11.1 Å². The number of aryl methyl sites for hydroxylation is 2. The first-order valence-corrected chi connectivity index (χ1v) is 7.61. The van der Waals surface area contributed by atoms with Crippen LogP contribution in [-0.2, 0) is 4.79 Å². The van der Waals surface area contributed by atoms with Gasteiger partial charge in [0.25, 0.3) is 0 Å². The van der Waals surface area contributed by atoms with E-state index in [2.05, 4.69) is 47.6 Å². The lowest BCUT2D eigenvalue weighted by Crippen LogP contribution is -2.40. The molecule has 2 unspecified atom stereocenters. The molecule has 2 rings (SSSR count). The lowest BCUT2D eigenvalue weighted by molar-refractivity contribution is -0.118. The van der Waals surface area contributed by atoms with Crippen LogP contribution in [0.5, 0.6) is 0 Å². The number of H-pyrrole nitrogens is 1. The van der Waals surface area contributed by atoms with Crippen LogP contribution in [0.15, 0.2) is 24.3 Å². The van der Waals surface area contributed by atoms with E-state index in [9.17, 15) is 4.79 Å². The molecule has 1 aromatic heterocycles. The van der Waals surface area contributed by atoms with Gasteiger partial charge in [-0.3, -0.25) is 9.89 Å². The molecule has 0 radical (unpaired) electrons. The lowest BCUT2D eigenvalue weighted by atomic mass is 9.99. The quantitative estimate of drug-likeness (QED) is 0.782. The van der Waals surface area contributed by atoms with Crippen molar-refractivity contribution in [2.24, 2.45) is 11.7 Å². The molecular formula is C17H25ClN4O. The second-order valence-corrected chi connectivity index (χ2v) is 5.94. The first-order chi connectivity index (χ1) is 10.4. The van der Waals surface area contributed by atoms with Crippen LogP contribution in [0.1, 0.15) is 31.4 Å². The molecule has 2 atom stereocenters. The van der Waals surface area contributed by atoms with Gasteiger partial charge in [-0.1, -0.05) is 37.5 Å². The Morgan fingerprint density at radius 1 is 1.26 bits per heavy atom. The number of rotatable bonds is 5. The van der Waals surface area contributed by atoms with Crippen LogP contribution in [-0.4, -0.2) is 22.1 Å². The van der Waals surface area contributed by atoms with E-state index in [4.69, 9.17) is 5.73 Å². The minimum Gasteiger partial charge on any atom is -0.320 e. The Kier molecular flexibility index (Phi) is 6.79. The number of carbonyl (C=O) groups is 1. The Labute approximate surface area is 143 Å². The van der Waals surface area contributed by atoms with Gasteiger partial charge in [0.1, 0.15) is 0 Å². The average Bonchev–Trinajstić information content (AvgIpc) is 2.93. The van der Waals surface area contributed by atoms with Gasteiger partial charge in [-0.2, -0.15) is 5.10 Å². The Morgan fingerprint density at radius 3 is 2.43 bits per heavy atom. The number of nitrogens with two attached hydrogens (primary N) is 1. The third-order valence-electron chi connectivity index (χ3n) is 3.92. The zero-order chi connectivity index (χ0) is 16.3. The monoisotopic (exact) mass is 336 g/mol. The van der Waals surface area contributed by atoms with E-state index < -0.39 is 6.04 Å². The van der Waals surface area contributed by atoms with Crippen molar-refractivity contribution in [2.75, 3.05) is 5.32 Å². The predicted octanol–water partition coefficient (Wildman–Crippen LogP) is 3.43. The molecule has 1 heterocycles. The number of carbonyl (C=O) groups excluding carboxylic acids is 1. The molecule has 1 amide bonds. The van der Waals surface area contributed by atoms with E-state index in [0.717, 1.165) is 17.7 Å². The van der Waals surface area contributed by atoms with Gasteiger partial charge in [-0.15, -0.1) is 12.4 Å². The van der Waals surface area contributed by atoms with Crippen molar-refractivity contribution in [3.05, 3.63) is 35.4 Å². The number of anilines is 1. The molecule has 126 valence electrons. The summed E-state index contributed by atoms with van der Waals surface area (Å²) in [6, 6.07) is 7.59. The number of hydrogen-bond donors (Lipinski definition) is 3. The van der Waals surface area contributed by atoms with Gasteiger partial charge in [0, 0.05) is 11.6 Å². The van der Waals surface area contributed by atoms with Crippen LogP contribution in [0.3, 0.4) is 0 Å². The summed E-state index contributed by atoms with van der Waals surface area (Å²) in [6.45, 7) is 8.10. The summed E-state index contributed by atoms with van der Waals surface area (Å²) < 4.78 is 0. The maximum Gasteiger partial charge on any atom is 0.242 e. The van der Waals surface area contributed by atoms with E-state index in [0.29, 0.717) is 5.82 Å². The molecule has 0 fully saturated rings. The van der Waals surface area contributed by atoms with Crippen LogP contribution >= 0.6 is 12.4 Å². The minimum absolute atomic E-state index is 0. The fourth-order valence-electron chi connectivity index (χ4n) is 2.39. The molecule has 1 aromatic carbocycles. The topological polar surface area (TPSA) is 83.8 Å². The van der Waals surface area contributed by atoms with Gasteiger partial charge in [0.2, 0.25) is 5.91 Å². The Morgan fingerprint density at radius 2 is 1.87 bits per heavy atom. The number of aromatic amines is 1. The van der Waals surface area contributed by atoms with Crippen LogP contribution in [0.4, 0.5) is 5.82 Å². The molecule has 0 spiro atoms. The summed E-state index contributed by atoms with van der Waals surface area (Å²) in [5, 5.41) is 9.88. The highest BCUT2D eigenvalue weighted by Gasteiger charge is 2.20. The van der Waals surface area contributed by atoms with Crippen LogP contribution in [0, 0.1) is 19.8 Å². The molecule has 0 aliphatic heterocycles. The zero-order valence-electron chi connectivity index (χ0n) is 14.0.